The highest BCUT2D eigenvalue weighted by atomic mass is 35.5. The molecule has 0 spiro atoms. The van der Waals surface area contributed by atoms with Crippen molar-refractivity contribution in [2.75, 3.05) is 5.32 Å². The second-order valence-electron chi connectivity index (χ2n) is 10.0. The summed E-state index contributed by atoms with van der Waals surface area (Å²) in [7, 11) is 0. The smallest absolute Gasteiger partial charge is 0.227 e. The molecule has 2 amide bonds. The molecule has 4 aromatic rings. The van der Waals surface area contributed by atoms with E-state index in [4.69, 9.17) is 16.6 Å². The van der Waals surface area contributed by atoms with Gasteiger partial charge in [0.15, 0.2) is 5.82 Å². The minimum Gasteiger partial charge on any atom is -0.334 e. The lowest BCUT2D eigenvalue weighted by Gasteiger charge is -2.13. The summed E-state index contributed by atoms with van der Waals surface area (Å²) < 4.78 is 2.04. The second-order valence-corrected chi connectivity index (χ2v) is 11.7. The number of anilines is 1. The Morgan fingerprint density at radius 1 is 1.05 bits per heavy atom. The molecule has 2 aliphatic rings. The van der Waals surface area contributed by atoms with Crippen LogP contribution in [0, 0.1) is 20.8 Å². The van der Waals surface area contributed by atoms with Crippen LogP contribution in [0.2, 0.25) is 5.02 Å². The average molecular weight is 559 g/mol. The lowest BCUT2D eigenvalue weighted by Crippen LogP contribution is -2.21. The minimum absolute atomic E-state index is 0.0397. The van der Waals surface area contributed by atoms with Gasteiger partial charge in [0.25, 0.3) is 0 Å². The summed E-state index contributed by atoms with van der Waals surface area (Å²) in [6.07, 6.45) is 0.0961. The highest BCUT2D eigenvalue weighted by Crippen LogP contribution is 2.39. The largest absolute Gasteiger partial charge is 0.334 e. The normalized spacial score (nSPS) is 15.8. The molecule has 0 fully saturated rings. The number of hydrogen-bond acceptors (Lipinski definition) is 6. The Balaban J connectivity index is 1.36. The van der Waals surface area contributed by atoms with Crippen LogP contribution in [0.5, 0.6) is 0 Å². The lowest BCUT2D eigenvalue weighted by atomic mass is 9.99. The van der Waals surface area contributed by atoms with Gasteiger partial charge in [-0.05, 0) is 61.7 Å². The number of thiophene rings is 1. The number of aryl methyl sites for hydroxylation is 2. The molecule has 198 valence electrons. The van der Waals surface area contributed by atoms with E-state index in [1.54, 1.807) is 23.2 Å². The van der Waals surface area contributed by atoms with Gasteiger partial charge in [-0.25, -0.2) is 0 Å². The molecule has 0 saturated heterocycles. The van der Waals surface area contributed by atoms with Crippen molar-refractivity contribution in [3.05, 3.63) is 91.8 Å². The number of carbonyl (C=O) groups excluding carboxylic acids is 2. The van der Waals surface area contributed by atoms with Gasteiger partial charge in [0.05, 0.1) is 12.1 Å². The zero-order valence-electron chi connectivity index (χ0n) is 22.1. The standard InChI is InChI=1S/C29H27ClN6O2S/c1-15-16(2)39-29-26(15)27(19-5-8-22(30)9-6-19)32-24(28-34-33-17(3)36(28)29)12-25(38)31-23-10-7-20-13-35(18(4)37)14-21(20)11-23/h5-11,24H,12-14H2,1-4H3,(H,31,38). The van der Waals surface area contributed by atoms with E-state index in [0.29, 0.717) is 29.6 Å². The summed E-state index contributed by atoms with van der Waals surface area (Å²) in [5.74, 6) is 1.25. The average Bonchev–Trinajstić information content (AvgIpc) is 3.55. The third-order valence-corrected chi connectivity index (χ3v) is 8.84. The van der Waals surface area contributed by atoms with Gasteiger partial charge >= 0.3 is 0 Å². The Morgan fingerprint density at radius 3 is 2.54 bits per heavy atom. The number of rotatable bonds is 4. The fourth-order valence-electron chi connectivity index (χ4n) is 5.22. The third-order valence-electron chi connectivity index (χ3n) is 7.39. The first-order chi connectivity index (χ1) is 18.7. The third kappa shape index (κ3) is 4.55. The fraction of sp³-hybridized carbons (Fsp3) is 0.276. The Labute approximate surface area is 235 Å². The quantitative estimate of drug-likeness (QED) is 0.348. The summed E-state index contributed by atoms with van der Waals surface area (Å²) in [4.78, 5) is 33.3. The van der Waals surface area contributed by atoms with Gasteiger partial charge in [0.2, 0.25) is 11.8 Å². The van der Waals surface area contributed by atoms with Crippen molar-refractivity contribution in [1.29, 1.82) is 0 Å². The zero-order chi connectivity index (χ0) is 27.4. The van der Waals surface area contributed by atoms with Crippen LogP contribution in [0.3, 0.4) is 0 Å². The van der Waals surface area contributed by atoms with Crippen LogP contribution >= 0.6 is 22.9 Å². The van der Waals surface area contributed by atoms with Crippen LogP contribution in [0.4, 0.5) is 5.69 Å². The highest BCUT2D eigenvalue weighted by molar-refractivity contribution is 7.15. The number of carbonyl (C=O) groups is 2. The molecular formula is C29H27ClN6O2S. The van der Waals surface area contributed by atoms with Crippen LogP contribution in [-0.2, 0) is 22.7 Å². The van der Waals surface area contributed by atoms with Gasteiger partial charge in [-0.15, -0.1) is 21.5 Å². The molecular weight excluding hydrogens is 532 g/mol. The van der Waals surface area contributed by atoms with Crippen molar-refractivity contribution >= 4 is 46.2 Å². The SMILES string of the molecule is CC(=O)N1Cc2ccc(NC(=O)CC3N=C(c4ccc(Cl)cc4)c4c(sc(C)c4C)-n4c(C)nnc43)cc2C1. The predicted molar refractivity (Wildman–Crippen MR) is 153 cm³/mol. The molecule has 2 aromatic heterocycles. The van der Waals surface area contributed by atoms with Gasteiger partial charge < -0.3 is 10.2 Å². The number of aromatic nitrogens is 3. The topological polar surface area (TPSA) is 92.5 Å². The van der Waals surface area contributed by atoms with Crippen LogP contribution in [0.25, 0.3) is 5.00 Å². The van der Waals surface area contributed by atoms with Crippen molar-refractivity contribution < 1.29 is 9.59 Å². The second kappa shape index (κ2) is 9.73. The van der Waals surface area contributed by atoms with Crippen LogP contribution in [0.1, 0.15) is 63.7 Å². The van der Waals surface area contributed by atoms with Crippen molar-refractivity contribution in [2.45, 2.75) is 53.2 Å². The van der Waals surface area contributed by atoms with Crippen molar-refractivity contribution in [1.82, 2.24) is 19.7 Å². The Bertz CT molecular complexity index is 1670. The molecule has 0 bridgehead atoms. The van der Waals surface area contributed by atoms with Crippen molar-refractivity contribution in [3.63, 3.8) is 0 Å². The Morgan fingerprint density at radius 2 is 1.79 bits per heavy atom. The summed E-state index contributed by atoms with van der Waals surface area (Å²) >= 11 is 7.87. The number of halogens is 1. The summed E-state index contributed by atoms with van der Waals surface area (Å²) in [6.45, 7) is 8.84. The van der Waals surface area contributed by atoms with Gasteiger partial charge in [0, 0.05) is 46.7 Å². The van der Waals surface area contributed by atoms with E-state index < -0.39 is 6.04 Å². The van der Waals surface area contributed by atoms with E-state index in [0.717, 1.165) is 44.4 Å². The molecule has 8 nitrogen and oxygen atoms in total. The molecule has 0 radical (unpaired) electrons. The van der Waals surface area contributed by atoms with E-state index in [1.807, 2.05) is 54.0 Å². The van der Waals surface area contributed by atoms with Crippen LogP contribution in [0.15, 0.2) is 47.5 Å². The van der Waals surface area contributed by atoms with Gasteiger partial charge in [-0.3, -0.25) is 19.1 Å². The molecule has 1 N–H and O–H groups in total. The van der Waals surface area contributed by atoms with Crippen molar-refractivity contribution in [3.8, 4) is 5.00 Å². The maximum atomic E-state index is 13.4. The van der Waals surface area contributed by atoms with E-state index in [2.05, 4.69) is 29.4 Å². The molecule has 1 unspecified atom stereocenters. The molecule has 10 heteroatoms. The number of fused-ring (bicyclic) bond motifs is 4. The number of amides is 2. The minimum atomic E-state index is -0.543. The van der Waals surface area contributed by atoms with Gasteiger partial charge in [-0.1, -0.05) is 29.8 Å². The monoisotopic (exact) mass is 558 g/mol. The van der Waals surface area contributed by atoms with E-state index >= 15 is 0 Å². The van der Waals surface area contributed by atoms with E-state index in [9.17, 15) is 9.59 Å². The van der Waals surface area contributed by atoms with E-state index in [1.165, 1.54) is 4.88 Å². The van der Waals surface area contributed by atoms with Crippen LogP contribution in [-0.4, -0.2) is 37.2 Å². The molecule has 4 heterocycles. The van der Waals surface area contributed by atoms with Crippen molar-refractivity contribution in [2.24, 2.45) is 4.99 Å². The molecule has 0 aliphatic carbocycles. The first-order valence-corrected chi connectivity index (χ1v) is 13.9. The molecule has 1 atom stereocenters. The summed E-state index contributed by atoms with van der Waals surface area (Å²) in [5, 5.41) is 13.5. The maximum absolute atomic E-state index is 13.4. The molecule has 39 heavy (non-hydrogen) atoms. The fourth-order valence-corrected chi connectivity index (χ4v) is 6.55. The lowest BCUT2D eigenvalue weighted by molar-refractivity contribution is -0.129. The molecule has 6 rings (SSSR count). The highest BCUT2D eigenvalue weighted by Gasteiger charge is 2.32. The Hall–Kier alpha value is -3.82. The molecule has 2 aliphatic heterocycles. The summed E-state index contributed by atoms with van der Waals surface area (Å²) in [5.41, 5.74) is 6.76. The number of aliphatic imine (C=N–C) groups is 1. The number of nitrogens with zero attached hydrogens (tertiary/aromatic N) is 5. The summed E-state index contributed by atoms with van der Waals surface area (Å²) in [6, 6.07) is 12.9. The van der Waals surface area contributed by atoms with Gasteiger partial charge in [0.1, 0.15) is 16.9 Å². The predicted octanol–water partition coefficient (Wildman–Crippen LogP) is 5.69. The molecule has 2 aromatic carbocycles. The van der Waals surface area contributed by atoms with E-state index in [-0.39, 0.29) is 18.2 Å². The first-order valence-electron chi connectivity index (χ1n) is 12.7. The van der Waals surface area contributed by atoms with Crippen LogP contribution < -0.4 is 5.32 Å². The number of benzene rings is 2. The number of hydrogen-bond donors (Lipinski definition) is 1. The molecule has 0 saturated carbocycles. The Kier molecular flexibility index (Phi) is 6.35. The zero-order valence-corrected chi connectivity index (χ0v) is 23.7. The maximum Gasteiger partial charge on any atom is 0.227 e. The number of nitrogens with one attached hydrogen (secondary N) is 1. The first kappa shape index (κ1) is 25.5. The van der Waals surface area contributed by atoms with Gasteiger partial charge in [-0.2, -0.15) is 0 Å².